The van der Waals surface area contributed by atoms with Crippen LogP contribution >= 0.6 is 18.7 Å². The van der Waals surface area contributed by atoms with Gasteiger partial charge in [-0.2, -0.15) is 10.2 Å². The van der Waals surface area contributed by atoms with E-state index in [1.165, 1.54) is 6.20 Å². The molecule has 0 spiro atoms. The third kappa shape index (κ3) is 9.98. The van der Waals surface area contributed by atoms with Gasteiger partial charge in [-0.3, -0.25) is 24.6 Å². The largest absolute Gasteiger partial charge is 0.494 e. The maximum absolute atomic E-state index is 13.2. The van der Waals surface area contributed by atoms with E-state index >= 15 is 0 Å². The lowest BCUT2D eigenvalue weighted by Crippen LogP contribution is -2.53. The Morgan fingerprint density at radius 3 is 2.45 bits per heavy atom. The normalized spacial score (nSPS) is 18.7. The molecular formula is C46H54ClN10O6P. The van der Waals surface area contributed by atoms with Gasteiger partial charge in [0.05, 0.1) is 49.1 Å². The Hall–Kier alpha value is -5.72. The molecular weight excluding hydrogens is 855 g/mol. The second kappa shape index (κ2) is 19.6. The lowest BCUT2D eigenvalue weighted by Gasteiger charge is -2.43. The molecule has 16 nitrogen and oxygen atoms in total. The third-order valence-electron chi connectivity index (χ3n) is 12.6. The van der Waals surface area contributed by atoms with Gasteiger partial charge in [0.2, 0.25) is 17.8 Å². The number of aromatic nitrogens is 2. The zero-order valence-electron chi connectivity index (χ0n) is 36.4. The average Bonchev–Trinajstić information content (AvgIpc) is 3.63. The highest BCUT2D eigenvalue weighted by molar-refractivity contribution is 7.70. The SMILES string of the molecule is COc1cc(N2CCC(N3CCN(CCCCOc4cccc5c4CN(C4CCC(=O)NC4=O)C5=O)CC3)CC2)c(C#N)cc1Nc1ncc(Cl)c(Nc2ccccc2P(C)(C)=O)n1. The van der Waals surface area contributed by atoms with Gasteiger partial charge in [-0.05, 0) is 82.3 Å². The lowest BCUT2D eigenvalue weighted by molar-refractivity contribution is -0.136. The van der Waals surface area contributed by atoms with E-state index in [-0.39, 0.29) is 24.2 Å². The Labute approximate surface area is 378 Å². The molecule has 3 N–H and O–H groups in total. The number of imide groups is 1. The van der Waals surface area contributed by atoms with Gasteiger partial charge < -0.3 is 39.4 Å². The number of carbonyl (C=O) groups is 3. The summed E-state index contributed by atoms with van der Waals surface area (Å²) in [5, 5.41) is 20.1. The van der Waals surface area contributed by atoms with Crippen LogP contribution in [0, 0.1) is 11.3 Å². The smallest absolute Gasteiger partial charge is 0.255 e. The first kappa shape index (κ1) is 44.9. The number of hydrogen-bond acceptors (Lipinski definition) is 14. The van der Waals surface area contributed by atoms with Crippen LogP contribution in [0.1, 0.15) is 60.0 Å². The van der Waals surface area contributed by atoms with Crippen LogP contribution in [0.25, 0.3) is 0 Å². The van der Waals surface area contributed by atoms with Crippen molar-refractivity contribution in [3.63, 3.8) is 0 Å². The van der Waals surface area contributed by atoms with Crippen LogP contribution in [-0.2, 0) is 20.7 Å². The van der Waals surface area contributed by atoms with Crippen molar-refractivity contribution in [3.8, 4) is 17.6 Å². The van der Waals surface area contributed by atoms with Crippen LogP contribution < -0.4 is 35.6 Å². The molecule has 1 atom stereocenters. The van der Waals surface area contributed by atoms with Crippen LogP contribution in [0.4, 0.5) is 28.8 Å². The Morgan fingerprint density at radius 1 is 0.938 bits per heavy atom. The molecule has 5 heterocycles. The highest BCUT2D eigenvalue weighted by atomic mass is 35.5. The molecule has 8 rings (SSSR count). The second-order valence-electron chi connectivity index (χ2n) is 17.0. The first-order valence-corrected chi connectivity index (χ1v) is 24.8. The van der Waals surface area contributed by atoms with Crippen LogP contribution in [0.5, 0.6) is 11.5 Å². The van der Waals surface area contributed by atoms with E-state index < -0.39 is 19.1 Å². The number of methoxy groups -OCH3 is 1. The number of para-hydroxylation sites is 1. The number of anilines is 5. The molecule has 1 unspecified atom stereocenters. The van der Waals surface area contributed by atoms with E-state index in [1.807, 2.05) is 42.5 Å². The van der Waals surface area contributed by atoms with Crippen molar-refractivity contribution in [3.05, 3.63) is 82.5 Å². The van der Waals surface area contributed by atoms with E-state index in [1.54, 1.807) is 37.5 Å². The predicted octanol–water partition coefficient (Wildman–Crippen LogP) is 5.95. The zero-order valence-corrected chi connectivity index (χ0v) is 38.1. The van der Waals surface area contributed by atoms with Crippen LogP contribution in [0.2, 0.25) is 5.02 Å². The van der Waals surface area contributed by atoms with Crippen LogP contribution in [0.3, 0.4) is 0 Å². The number of benzene rings is 3. The summed E-state index contributed by atoms with van der Waals surface area (Å²) in [6, 6.07) is 18.7. The van der Waals surface area contributed by atoms with Gasteiger partial charge in [-0.15, -0.1) is 0 Å². The molecule has 0 aliphatic carbocycles. The number of piperazine rings is 1. The zero-order chi connectivity index (χ0) is 45.0. The summed E-state index contributed by atoms with van der Waals surface area (Å²) in [6.45, 7) is 11.0. The first-order chi connectivity index (χ1) is 30.9. The molecule has 3 amide bonds. The molecule has 4 aliphatic heterocycles. The number of carbonyl (C=O) groups excluding carboxylic acids is 3. The minimum absolute atomic E-state index is 0.199. The number of rotatable bonds is 15. The quantitative estimate of drug-likeness (QED) is 0.0722. The summed E-state index contributed by atoms with van der Waals surface area (Å²) < 4.78 is 24.9. The first-order valence-electron chi connectivity index (χ1n) is 21.8. The van der Waals surface area contributed by atoms with E-state index in [2.05, 4.69) is 46.7 Å². The van der Waals surface area contributed by atoms with Crippen molar-refractivity contribution < 1.29 is 28.4 Å². The highest BCUT2D eigenvalue weighted by Crippen LogP contribution is 2.40. The minimum atomic E-state index is -2.59. The fourth-order valence-corrected chi connectivity index (χ4v) is 10.4. The summed E-state index contributed by atoms with van der Waals surface area (Å²) in [4.78, 5) is 55.2. The number of halogens is 1. The summed E-state index contributed by atoms with van der Waals surface area (Å²) in [5.74, 6) is 0.904. The van der Waals surface area contributed by atoms with Crippen molar-refractivity contribution in [2.75, 3.05) is 88.4 Å². The number of nitrogens with one attached hydrogen (secondary N) is 3. The van der Waals surface area contributed by atoms with Gasteiger partial charge in [0.25, 0.3) is 5.91 Å². The van der Waals surface area contributed by atoms with E-state index in [0.29, 0.717) is 75.8 Å². The molecule has 64 heavy (non-hydrogen) atoms. The minimum Gasteiger partial charge on any atom is -0.494 e. The van der Waals surface area contributed by atoms with E-state index in [0.717, 1.165) is 82.7 Å². The molecule has 336 valence electrons. The summed E-state index contributed by atoms with van der Waals surface area (Å²) in [5.41, 5.74) is 3.90. The molecule has 3 aromatic carbocycles. The van der Waals surface area contributed by atoms with Crippen molar-refractivity contribution >= 4 is 70.6 Å². The van der Waals surface area contributed by atoms with Gasteiger partial charge in [-0.1, -0.05) is 29.8 Å². The maximum atomic E-state index is 13.2. The standard InChI is InChI=1S/C46H54ClN10O6P/c1-62-40-26-38(30(27-48)25-36(40)51-46-49-28-34(47)43(53-46)50-35-10-4-5-12-41(35)64(2,3)61)56-18-15-31(16-19-56)55-22-20-54(21-23-55)17-6-7-24-63-39-11-8-9-32-33(39)29-57(45(32)60)37-13-14-42(58)52-44(37)59/h4-5,8-12,25-26,28,31,37H,6-7,13-24,29H2,1-3H3,(H,52,58,59)(H2,49,50,51,53). The molecule has 1 aromatic heterocycles. The fraction of sp³-hybridized carbons (Fsp3) is 0.435. The number of hydrogen-bond donors (Lipinski definition) is 3. The van der Waals surface area contributed by atoms with Crippen molar-refractivity contribution in [2.45, 2.75) is 57.2 Å². The molecule has 3 saturated heterocycles. The average molecular weight is 909 g/mol. The topological polar surface area (TPSA) is 185 Å². The summed E-state index contributed by atoms with van der Waals surface area (Å²) in [7, 11) is -0.992. The van der Waals surface area contributed by atoms with Crippen molar-refractivity contribution in [2.24, 2.45) is 0 Å². The highest BCUT2D eigenvalue weighted by Gasteiger charge is 2.40. The summed E-state index contributed by atoms with van der Waals surface area (Å²) >= 11 is 6.49. The third-order valence-corrected chi connectivity index (χ3v) is 14.4. The Morgan fingerprint density at radius 2 is 1.72 bits per heavy atom. The lowest BCUT2D eigenvalue weighted by atomic mass is 10.00. The monoisotopic (exact) mass is 908 g/mol. The molecule has 0 saturated carbocycles. The van der Waals surface area contributed by atoms with Gasteiger partial charge in [0.15, 0.2) is 5.82 Å². The Balaban J connectivity index is 0.790. The molecule has 18 heteroatoms. The van der Waals surface area contributed by atoms with E-state index in [9.17, 15) is 24.2 Å². The second-order valence-corrected chi connectivity index (χ2v) is 20.6. The Kier molecular flexibility index (Phi) is 13.7. The fourth-order valence-electron chi connectivity index (χ4n) is 9.13. The number of piperidine rings is 2. The number of amides is 3. The van der Waals surface area contributed by atoms with E-state index in [4.69, 9.17) is 21.1 Å². The molecule has 3 fully saturated rings. The number of unbranched alkanes of at least 4 members (excludes halogenated alkanes) is 1. The molecule has 4 aromatic rings. The van der Waals surface area contributed by atoms with Crippen LogP contribution in [0.15, 0.2) is 60.8 Å². The predicted molar refractivity (Wildman–Crippen MR) is 247 cm³/mol. The number of nitrogens with zero attached hydrogens (tertiary/aromatic N) is 7. The van der Waals surface area contributed by atoms with Gasteiger partial charge in [0, 0.05) is 74.2 Å². The van der Waals surface area contributed by atoms with Crippen molar-refractivity contribution in [1.29, 1.82) is 5.26 Å². The Bertz CT molecular complexity index is 2500. The number of ether oxygens (including phenoxy) is 2. The molecule has 0 radical (unpaired) electrons. The van der Waals surface area contributed by atoms with Gasteiger partial charge in [-0.25, -0.2) is 4.98 Å². The van der Waals surface area contributed by atoms with Gasteiger partial charge in [0.1, 0.15) is 35.8 Å². The van der Waals surface area contributed by atoms with Crippen molar-refractivity contribution in [1.82, 2.24) is 30.0 Å². The number of fused-ring (bicyclic) bond motifs is 1. The van der Waals surface area contributed by atoms with Gasteiger partial charge >= 0.3 is 0 Å². The molecule has 0 bridgehead atoms. The number of nitriles is 1. The van der Waals surface area contributed by atoms with Crippen LogP contribution in [-0.4, -0.2) is 127 Å². The molecule has 4 aliphatic rings. The summed E-state index contributed by atoms with van der Waals surface area (Å²) in [6.07, 6.45) is 5.90. The maximum Gasteiger partial charge on any atom is 0.255 e.